The van der Waals surface area contributed by atoms with E-state index in [1.54, 1.807) is 0 Å². The molecule has 0 aromatic heterocycles. The second-order valence-corrected chi connectivity index (χ2v) is 40.9. The number of rotatable bonds is 41. The quantitative estimate of drug-likeness (QED) is 0.0570. The van der Waals surface area contributed by atoms with Crippen LogP contribution >= 0.6 is 0 Å². The summed E-state index contributed by atoms with van der Waals surface area (Å²) in [5.74, 6) is 18.2. The average molecular weight is 1550 g/mol. The molecule has 111 heavy (non-hydrogen) atoms. The highest BCUT2D eigenvalue weighted by atomic mass is 16.1. The summed E-state index contributed by atoms with van der Waals surface area (Å²) in [5, 5.41) is 0. The van der Waals surface area contributed by atoms with E-state index < -0.39 is 0 Å². The van der Waals surface area contributed by atoms with E-state index in [4.69, 9.17) is 0 Å². The SMILES string of the molecule is CCCCCC1CCC([C@H]2CC[C@H](CC)CC2)CC1=O.CCCCCC1CCC([C@H]2CC[C@H](CCC)CC2)CC1=O.CCCCCC1CCC([C@H]2CC[C@H](CCCC)CC2)CC1=O.CCCCCC1CCC([C@H]2CC[C@H](CCCCC)CC2)CC1=O.CCCCCCC[C@H]1CC[C@H](C2CCC(CCCCC)C(=O)C2)CC1. The van der Waals surface area contributed by atoms with Gasteiger partial charge in [0.15, 0.2) is 0 Å². The van der Waals surface area contributed by atoms with E-state index in [1.807, 2.05) is 0 Å². The normalized spacial score (nSPS) is 32.9. The van der Waals surface area contributed by atoms with Crippen molar-refractivity contribution in [2.24, 2.45) is 118 Å². The van der Waals surface area contributed by atoms with Gasteiger partial charge in [-0.1, -0.05) is 332 Å². The molecule has 0 N–H and O–H groups in total. The first-order chi connectivity index (χ1) is 54.2. The molecule has 10 unspecified atom stereocenters. The van der Waals surface area contributed by atoms with Crippen LogP contribution in [0.5, 0.6) is 0 Å². The molecule has 10 atom stereocenters. The number of carbonyl (C=O) groups is 5. The van der Waals surface area contributed by atoms with Crippen LogP contribution in [0.2, 0.25) is 0 Å². The highest BCUT2D eigenvalue weighted by Crippen LogP contribution is 2.48. The van der Waals surface area contributed by atoms with Gasteiger partial charge in [0.25, 0.3) is 0 Å². The van der Waals surface area contributed by atoms with Gasteiger partial charge in [0.05, 0.1) is 0 Å². The molecule has 0 spiro atoms. The first-order valence-electron chi connectivity index (χ1n) is 51.8. The standard InChI is InChI=1S/C24H44O.C22H40O.C21H38O.C20H36O.C19H34O/c1-3-5-7-8-10-11-20-13-15-21(16-14-20)23-18-17-22(24(25)19-23)12-9-6-4-2;1-3-5-7-9-18-11-13-19(14-12-18)21-16-15-20(22(23)17-21)10-8-6-4-2;1-3-5-7-9-19-14-15-20(16-21(19)22)18-12-10-17(11-13-18)8-6-4-2;1-3-5-6-8-18-13-14-19(15-20(18)21)17-11-9-16(7-4-2)10-12-17;1-3-5-6-7-17-12-13-18(14-19(17)20)16-10-8-15(4-2)9-11-16/h20-23H,3-19H2,1-2H3;18-21H,3-17H2,1-2H3;17-20H,3-16H2,1-2H3;16-19H,3-15H2,1-2H3;15-18H,3-14H2,1-2H3/t20-,21-,22?,23?;18-,19-,20?,21?;17-,18-,19?,20?;16-,17-,18?,19?;15-,16-,17?,18?. The van der Waals surface area contributed by atoms with E-state index in [0.717, 1.165) is 121 Å². The molecule has 0 heterocycles. The molecule has 0 bridgehead atoms. The van der Waals surface area contributed by atoms with Gasteiger partial charge in [0.2, 0.25) is 0 Å². The zero-order valence-electron chi connectivity index (χ0n) is 76.3. The summed E-state index contributed by atoms with van der Waals surface area (Å²) in [6.45, 7) is 22.8. The molecule has 10 saturated carbocycles. The summed E-state index contributed by atoms with van der Waals surface area (Å²) in [5.41, 5.74) is 0. The number of hydrogen-bond acceptors (Lipinski definition) is 5. The molecule has 0 aliphatic heterocycles. The lowest BCUT2D eigenvalue weighted by molar-refractivity contribution is -0.128. The first kappa shape index (κ1) is 98.2. The molecule has 0 radical (unpaired) electrons. The zero-order valence-corrected chi connectivity index (χ0v) is 76.3. The van der Waals surface area contributed by atoms with Crippen LogP contribution in [0.4, 0.5) is 0 Å². The van der Waals surface area contributed by atoms with E-state index in [-0.39, 0.29) is 0 Å². The molecule has 0 amide bonds. The second kappa shape index (κ2) is 59.9. The Hall–Kier alpha value is -1.65. The van der Waals surface area contributed by atoms with E-state index in [0.29, 0.717) is 58.5 Å². The summed E-state index contributed by atoms with van der Waals surface area (Å²) in [7, 11) is 0. The maximum Gasteiger partial charge on any atom is 0.136 e. The summed E-state index contributed by atoms with van der Waals surface area (Å²) in [6.07, 6.45) is 93.3. The highest BCUT2D eigenvalue weighted by Gasteiger charge is 2.40. The molecule has 5 nitrogen and oxygen atoms in total. The summed E-state index contributed by atoms with van der Waals surface area (Å²) >= 11 is 0. The second-order valence-electron chi connectivity index (χ2n) is 40.9. The molecule has 10 fully saturated rings. The lowest BCUT2D eigenvalue weighted by atomic mass is 9.68. The Morgan fingerprint density at radius 2 is 0.342 bits per heavy atom. The topological polar surface area (TPSA) is 85.3 Å². The van der Waals surface area contributed by atoms with Gasteiger partial charge in [0.1, 0.15) is 28.9 Å². The predicted molar refractivity (Wildman–Crippen MR) is 479 cm³/mol. The minimum atomic E-state index is 0.419. The van der Waals surface area contributed by atoms with Gasteiger partial charge in [-0.15, -0.1) is 0 Å². The summed E-state index contributed by atoms with van der Waals surface area (Å²) in [4.78, 5) is 62.2. The molecule has 10 aliphatic rings. The molecule has 10 rings (SSSR count). The largest absolute Gasteiger partial charge is 0.299 e. The third kappa shape index (κ3) is 38.1. The van der Waals surface area contributed by atoms with E-state index in [9.17, 15) is 24.0 Å². The van der Waals surface area contributed by atoms with Crippen LogP contribution in [0.15, 0.2) is 0 Å². The van der Waals surface area contributed by atoms with Crippen molar-refractivity contribution in [2.45, 2.75) is 525 Å². The maximum absolute atomic E-state index is 12.5. The Balaban J connectivity index is 0.000000217. The Labute approximate surface area is 692 Å². The Morgan fingerprint density at radius 1 is 0.162 bits per heavy atom. The fraction of sp³-hybridized carbons (Fsp3) is 0.953. The van der Waals surface area contributed by atoms with Gasteiger partial charge in [-0.05, 0) is 249 Å². The Morgan fingerprint density at radius 3 is 0.559 bits per heavy atom. The van der Waals surface area contributed by atoms with Crippen molar-refractivity contribution in [3.63, 3.8) is 0 Å². The minimum absolute atomic E-state index is 0.419. The fourth-order valence-corrected chi connectivity index (χ4v) is 24.7. The molecular formula is C106H192O5. The predicted octanol–water partition coefficient (Wildman–Crippen LogP) is 33.1. The Bertz CT molecular complexity index is 2330. The molecule has 646 valence electrons. The summed E-state index contributed by atoms with van der Waals surface area (Å²) in [6, 6.07) is 0. The van der Waals surface area contributed by atoms with Crippen LogP contribution in [-0.2, 0) is 24.0 Å². The van der Waals surface area contributed by atoms with Gasteiger partial charge < -0.3 is 0 Å². The first-order valence-corrected chi connectivity index (χ1v) is 51.8. The van der Waals surface area contributed by atoms with Crippen LogP contribution in [0.25, 0.3) is 0 Å². The number of unbranched alkanes of at least 4 members (excludes halogenated alkanes) is 17. The number of hydrogen-bond donors (Lipinski definition) is 0. The summed E-state index contributed by atoms with van der Waals surface area (Å²) < 4.78 is 0. The van der Waals surface area contributed by atoms with E-state index >= 15 is 0 Å². The molecule has 0 aromatic rings. The maximum atomic E-state index is 12.5. The zero-order chi connectivity index (χ0) is 79.6. The molecule has 0 aromatic carbocycles. The van der Waals surface area contributed by atoms with Crippen molar-refractivity contribution in [3.8, 4) is 0 Å². The average Bonchev–Trinajstić information content (AvgIpc) is 0.861. The van der Waals surface area contributed by atoms with Crippen LogP contribution in [-0.4, -0.2) is 28.9 Å². The van der Waals surface area contributed by atoms with Gasteiger partial charge in [0, 0.05) is 61.7 Å². The van der Waals surface area contributed by atoms with Crippen LogP contribution in [0.1, 0.15) is 525 Å². The van der Waals surface area contributed by atoms with Crippen molar-refractivity contribution in [1.29, 1.82) is 0 Å². The van der Waals surface area contributed by atoms with Crippen LogP contribution < -0.4 is 0 Å². The number of ketones is 5. The third-order valence-corrected chi connectivity index (χ3v) is 32.8. The van der Waals surface area contributed by atoms with Crippen LogP contribution in [0, 0.1) is 118 Å². The van der Waals surface area contributed by atoms with Gasteiger partial charge in [-0.3, -0.25) is 24.0 Å². The van der Waals surface area contributed by atoms with E-state index in [1.165, 1.54) is 424 Å². The number of carbonyl (C=O) groups excluding carboxylic acids is 5. The van der Waals surface area contributed by atoms with Crippen molar-refractivity contribution in [3.05, 3.63) is 0 Å². The van der Waals surface area contributed by atoms with Crippen molar-refractivity contribution >= 4 is 28.9 Å². The van der Waals surface area contributed by atoms with Crippen molar-refractivity contribution in [1.82, 2.24) is 0 Å². The molecule has 10 aliphatic carbocycles. The van der Waals surface area contributed by atoms with Gasteiger partial charge in [-0.25, -0.2) is 0 Å². The van der Waals surface area contributed by atoms with Gasteiger partial charge in [-0.2, -0.15) is 0 Å². The van der Waals surface area contributed by atoms with Gasteiger partial charge >= 0.3 is 0 Å². The fourth-order valence-electron chi connectivity index (χ4n) is 24.7. The lowest BCUT2D eigenvalue weighted by Gasteiger charge is -2.37. The van der Waals surface area contributed by atoms with Crippen LogP contribution in [0.3, 0.4) is 0 Å². The third-order valence-electron chi connectivity index (χ3n) is 32.8. The number of Topliss-reactive ketones (excluding diaryl/α,β-unsaturated/α-hetero) is 5. The highest BCUT2D eigenvalue weighted by molar-refractivity contribution is 5.84. The Kier molecular flexibility index (Phi) is 53.0. The molecule has 5 heteroatoms. The smallest absolute Gasteiger partial charge is 0.136 e. The molecule has 0 saturated heterocycles. The lowest BCUT2D eigenvalue weighted by Crippen LogP contribution is -2.31. The van der Waals surface area contributed by atoms with Crippen molar-refractivity contribution < 1.29 is 24.0 Å². The van der Waals surface area contributed by atoms with E-state index in [2.05, 4.69) is 69.2 Å². The van der Waals surface area contributed by atoms with Crippen molar-refractivity contribution in [2.75, 3.05) is 0 Å². The molecular weight excluding hydrogens is 1350 g/mol. The monoisotopic (exact) mass is 1550 g/mol. The minimum Gasteiger partial charge on any atom is -0.299 e.